The van der Waals surface area contributed by atoms with E-state index in [-0.39, 0.29) is 19.5 Å². The fraction of sp³-hybridized carbons (Fsp3) is 0.800. The molecule has 0 unspecified atom stereocenters. The summed E-state index contributed by atoms with van der Waals surface area (Å²) in [4.78, 5) is 0.604. The number of thiocarbonyl (C=S) groups is 1. The average molecular weight is 199 g/mol. The fourth-order valence-corrected chi connectivity index (χ4v) is 0.580. The predicted octanol–water partition coefficient (Wildman–Crippen LogP) is 1.43. The Hall–Kier alpha value is 0.473. The Morgan fingerprint density at radius 3 is 2.22 bits per heavy atom. The number of nitrogens with zero attached hydrogens (tertiary/aromatic N) is 1. The minimum absolute atomic E-state index is 0. The van der Waals surface area contributed by atoms with E-state index >= 15 is 0 Å². The Morgan fingerprint density at radius 2 is 2.11 bits per heavy atom. The molecule has 0 aliphatic carbocycles. The number of rotatable bonds is 2. The molecule has 0 bridgehead atoms. The molecular weight excluding hydrogens is 188 g/mol. The van der Waals surface area contributed by atoms with Crippen molar-refractivity contribution in [1.29, 1.82) is 0 Å². The molecule has 2 nitrogen and oxygen atoms in total. The van der Waals surface area contributed by atoms with Gasteiger partial charge in [0.2, 0.25) is 0 Å². The van der Waals surface area contributed by atoms with Crippen LogP contribution in [0.4, 0.5) is 0 Å². The van der Waals surface area contributed by atoms with Crippen LogP contribution in [0, 0.1) is 0 Å². The third kappa shape index (κ3) is 6.36. The first-order chi connectivity index (χ1) is 3.68. The zero-order chi connectivity index (χ0) is 6.57. The van der Waals surface area contributed by atoms with Gasteiger partial charge in [-0.15, -0.1) is 0 Å². The van der Waals surface area contributed by atoms with Crippen molar-refractivity contribution in [3.05, 3.63) is 0 Å². The molecular formula is C5H11NOSZn+2. The van der Waals surface area contributed by atoms with E-state index in [4.69, 9.17) is 17.4 Å². The normalized spacial score (nSPS) is 7.89. The van der Waals surface area contributed by atoms with Gasteiger partial charge in [0.05, 0.1) is 0 Å². The fourth-order valence-electron chi connectivity index (χ4n) is 0.376. The molecule has 0 saturated heterocycles. The number of hydrogen-bond donors (Lipinski definition) is 1. The largest absolute Gasteiger partial charge is 2.00 e. The molecule has 0 amide bonds. The molecule has 0 fully saturated rings. The number of hydroxylamine groups is 2. The van der Waals surface area contributed by atoms with E-state index in [0.29, 0.717) is 4.99 Å². The second-order valence-electron chi connectivity index (χ2n) is 1.67. The van der Waals surface area contributed by atoms with E-state index in [1.807, 2.05) is 6.92 Å². The molecule has 4 heteroatoms. The van der Waals surface area contributed by atoms with Crippen molar-refractivity contribution < 1.29 is 24.7 Å². The Labute approximate surface area is 73.9 Å². The summed E-state index contributed by atoms with van der Waals surface area (Å²) in [5.41, 5.74) is 0. The standard InChI is InChI=1S/C5H11NOS.Zn/c1-3-4-5(8)6(2)7;/h7H,3-4H2,1-2H3;/q;+2. The van der Waals surface area contributed by atoms with E-state index in [2.05, 4.69) is 0 Å². The van der Waals surface area contributed by atoms with Crippen LogP contribution in [0.1, 0.15) is 19.8 Å². The quantitative estimate of drug-likeness (QED) is 0.413. The van der Waals surface area contributed by atoms with E-state index < -0.39 is 0 Å². The van der Waals surface area contributed by atoms with Crippen molar-refractivity contribution >= 4 is 17.2 Å². The van der Waals surface area contributed by atoms with E-state index in [0.717, 1.165) is 17.9 Å². The Bertz CT molecular complexity index is 87.0. The molecule has 48 valence electrons. The van der Waals surface area contributed by atoms with Crippen LogP contribution in [0.5, 0.6) is 0 Å². The molecule has 0 rings (SSSR count). The summed E-state index contributed by atoms with van der Waals surface area (Å²) in [5.74, 6) is 0. The summed E-state index contributed by atoms with van der Waals surface area (Å²) in [7, 11) is 1.54. The maximum Gasteiger partial charge on any atom is 2.00 e. The summed E-state index contributed by atoms with van der Waals surface area (Å²) >= 11 is 4.75. The van der Waals surface area contributed by atoms with Crippen molar-refractivity contribution in [2.24, 2.45) is 0 Å². The van der Waals surface area contributed by atoms with Crippen LogP contribution in [0.15, 0.2) is 0 Å². The summed E-state index contributed by atoms with van der Waals surface area (Å²) in [6, 6.07) is 0. The Kier molecular flexibility index (Phi) is 8.92. The maximum atomic E-state index is 8.64. The summed E-state index contributed by atoms with van der Waals surface area (Å²) < 4.78 is 0. The van der Waals surface area contributed by atoms with Gasteiger partial charge in [-0.2, -0.15) is 0 Å². The molecule has 0 aliphatic rings. The first-order valence-electron chi connectivity index (χ1n) is 2.64. The van der Waals surface area contributed by atoms with E-state index in [1.54, 1.807) is 0 Å². The van der Waals surface area contributed by atoms with Crippen LogP contribution in [0.3, 0.4) is 0 Å². The molecule has 1 N–H and O–H groups in total. The molecule has 0 aromatic rings. The van der Waals surface area contributed by atoms with Gasteiger partial charge in [0.1, 0.15) is 4.99 Å². The zero-order valence-electron chi connectivity index (χ0n) is 5.92. The van der Waals surface area contributed by atoms with Crippen LogP contribution in [0.2, 0.25) is 0 Å². The van der Waals surface area contributed by atoms with Gasteiger partial charge in [-0.1, -0.05) is 19.1 Å². The molecule has 0 aliphatic heterocycles. The molecule has 0 aromatic heterocycles. The van der Waals surface area contributed by atoms with Crippen LogP contribution in [-0.4, -0.2) is 22.3 Å². The van der Waals surface area contributed by atoms with Gasteiger partial charge in [-0.05, 0) is 12.8 Å². The van der Waals surface area contributed by atoms with Gasteiger partial charge < -0.3 is 0 Å². The molecule has 0 heterocycles. The van der Waals surface area contributed by atoms with Gasteiger partial charge in [-0.3, -0.25) is 10.3 Å². The first-order valence-corrected chi connectivity index (χ1v) is 3.04. The molecule has 0 atom stereocenters. The van der Waals surface area contributed by atoms with Crippen LogP contribution in [0.25, 0.3) is 0 Å². The van der Waals surface area contributed by atoms with Crippen molar-refractivity contribution in [2.45, 2.75) is 19.8 Å². The van der Waals surface area contributed by atoms with Gasteiger partial charge in [0, 0.05) is 7.05 Å². The van der Waals surface area contributed by atoms with Crippen molar-refractivity contribution in [1.82, 2.24) is 5.06 Å². The first kappa shape index (κ1) is 12.2. The summed E-state index contributed by atoms with van der Waals surface area (Å²) in [6.07, 6.45) is 1.78. The van der Waals surface area contributed by atoms with Gasteiger partial charge in [-0.25, -0.2) is 0 Å². The molecule has 0 saturated carbocycles. The van der Waals surface area contributed by atoms with Crippen molar-refractivity contribution in [3.63, 3.8) is 0 Å². The molecule has 0 aromatic carbocycles. The van der Waals surface area contributed by atoms with Gasteiger partial charge in [0.15, 0.2) is 0 Å². The van der Waals surface area contributed by atoms with E-state index in [9.17, 15) is 0 Å². The summed E-state index contributed by atoms with van der Waals surface area (Å²) in [6.45, 7) is 2.02. The zero-order valence-corrected chi connectivity index (χ0v) is 9.71. The monoisotopic (exact) mass is 197 g/mol. The van der Waals surface area contributed by atoms with Crippen LogP contribution < -0.4 is 0 Å². The topological polar surface area (TPSA) is 23.5 Å². The molecule has 0 spiro atoms. The van der Waals surface area contributed by atoms with Crippen LogP contribution >= 0.6 is 12.2 Å². The number of hydrogen-bond acceptors (Lipinski definition) is 2. The third-order valence-corrected chi connectivity index (χ3v) is 1.29. The summed E-state index contributed by atoms with van der Waals surface area (Å²) in [5, 5.41) is 9.63. The van der Waals surface area contributed by atoms with Crippen LogP contribution in [-0.2, 0) is 19.5 Å². The predicted molar refractivity (Wildman–Crippen MR) is 37.1 cm³/mol. The van der Waals surface area contributed by atoms with Gasteiger partial charge in [0.25, 0.3) is 0 Å². The molecule has 0 radical (unpaired) electrons. The Balaban J connectivity index is 0. The third-order valence-electron chi connectivity index (χ3n) is 0.825. The average Bonchev–Trinajstić information content (AvgIpc) is 1.67. The second kappa shape index (κ2) is 6.59. The van der Waals surface area contributed by atoms with E-state index in [1.165, 1.54) is 7.05 Å². The second-order valence-corrected chi connectivity index (χ2v) is 2.14. The SMILES string of the molecule is CCCC(=S)N(C)O.[Zn+2]. The van der Waals surface area contributed by atoms with Crippen molar-refractivity contribution in [2.75, 3.05) is 7.05 Å². The Morgan fingerprint density at radius 1 is 1.67 bits per heavy atom. The van der Waals surface area contributed by atoms with Crippen molar-refractivity contribution in [3.8, 4) is 0 Å². The minimum atomic E-state index is 0. The smallest absolute Gasteiger partial charge is 0.288 e. The maximum absolute atomic E-state index is 8.64. The minimum Gasteiger partial charge on any atom is -0.288 e. The molecule has 9 heavy (non-hydrogen) atoms. The van der Waals surface area contributed by atoms with Gasteiger partial charge >= 0.3 is 19.5 Å².